The van der Waals surface area contributed by atoms with Gasteiger partial charge in [0.2, 0.25) is 0 Å². The van der Waals surface area contributed by atoms with Crippen LogP contribution in [-0.2, 0) is 14.3 Å². The van der Waals surface area contributed by atoms with Crippen LogP contribution in [0, 0.1) is 0 Å². The number of para-hydroxylation sites is 1. The van der Waals surface area contributed by atoms with Crippen molar-refractivity contribution in [1.82, 2.24) is 0 Å². The first-order chi connectivity index (χ1) is 12.0. The van der Waals surface area contributed by atoms with Crippen LogP contribution >= 0.6 is 11.6 Å². The third-order valence-corrected chi connectivity index (χ3v) is 3.46. The Hall–Kier alpha value is -2.92. The number of carbonyl (C=O) groups excluding carboxylic acids is 3. The van der Waals surface area contributed by atoms with E-state index in [0.29, 0.717) is 16.3 Å². The highest BCUT2D eigenvalue weighted by Gasteiger charge is 2.10. The number of rotatable bonds is 6. The molecule has 0 aliphatic heterocycles. The van der Waals surface area contributed by atoms with Gasteiger partial charge in [-0.05, 0) is 42.8 Å². The van der Waals surface area contributed by atoms with Crippen molar-refractivity contribution in [3.05, 3.63) is 70.8 Å². The summed E-state index contributed by atoms with van der Waals surface area (Å²) in [7, 11) is 0. The molecule has 2 rings (SSSR count). The average molecular weight is 358 g/mol. The van der Waals surface area contributed by atoms with Crippen LogP contribution in [0.2, 0.25) is 5.02 Å². The van der Waals surface area contributed by atoms with Crippen LogP contribution in [0.25, 0.3) is 6.08 Å². The lowest BCUT2D eigenvalue weighted by molar-refractivity contribution is -0.142. The zero-order chi connectivity index (χ0) is 18.2. The Morgan fingerprint density at radius 2 is 1.76 bits per heavy atom. The maximum atomic E-state index is 11.9. The molecule has 5 nitrogen and oxygen atoms in total. The van der Waals surface area contributed by atoms with Crippen molar-refractivity contribution in [2.45, 2.75) is 6.92 Å². The number of hydrogen-bond acceptors (Lipinski definition) is 4. The van der Waals surface area contributed by atoms with Crippen LogP contribution in [0.5, 0.6) is 0 Å². The smallest absolute Gasteiger partial charge is 0.331 e. The maximum absolute atomic E-state index is 11.9. The van der Waals surface area contributed by atoms with Crippen LogP contribution in [0.3, 0.4) is 0 Å². The number of benzene rings is 2. The number of amides is 1. The molecule has 1 amide bonds. The van der Waals surface area contributed by atoms with E-state index in [0.717, 1.165) is 5.56 Å². The molecule has 0 aliphatic carbocycles. The molecule has 128 valence electrons. The molecule has 0 aromatic heterocycles. The third-order valence-electron chi connectivity index (χ3n) is 3.21. The molecule has 1 N–H and O–H groups in total. The van der Waals surface area contributed by atoms with Gasteiger partial charge in [0.05, 0.1) is 5.69 Å². The van der Waals surface area contributed by atoms with Gasteiger partial charge < -0.3 is 10.1 Å². The zero-order valence-corrected chi connectivity index (χ0v) is 14.2. The summed E-state index contributed by atoms with van der Waals surface area (Å²) in [4.78, 5) is 35.0. The van der Waals surface area contributed by atoms with Gasteiger partial charge in [-0.2, -0.15) is 0 Å². The minimum Gasteiger partial charge on any atom is -0.452 e. The number of esters is 1. The number of hydrogen-bond donors (Lipinski definition) is 1. The van der Waals surface area contributed by atoms with Gasteiger partial charge in [-0.15, -0.1) is 0 Å². The van der Waals surface area contributed by atoms with Crippen LogP contribution in [0.1, 0.15) is 22.8 Å². The van der Waals surface area contributed by atoms with Crippen molar-refractivity contribution < 1.29 is 19.1 Å². The van der Waals surface area contributed by atoms with E-state index in [4.69, 9.17) is 16.3 Å². The minimum absolute atomic E-state index is 0.168. The number of anilines is 1. The number of ketones is 1. The second kappa shape index (κ2) is 8.80. The Bertz CT molecular complexity index is 812. The van der Waals surface area contributed by atoms with Gasteiger partial charge in [0.15, 0.2) is 12.4 Å². The molecule has 0 fully saturated rings. The Balaban J connectivity index is 1.86. The molecule has 0 heterocycles. The van der Waals surface area contributed by atoms with E-state index < -0.39 is 18.5 Å². The van der Waals surface area contributed by atoms with Crippen LogP contribution in [-0.4, -0.2) is 24.3 Å². The largest absolute Gasteiger partial charge is 0.452 e. The lowest BCUT2D eigenvalue weighted by Crippen LogP contribution is -2.21. The predicted molar refractivity (Wildman–Crippen MR) is 96.5 cm³/mol. The predicted octanol–water partition coefficient (Wildman–Crippen LogP) is 3.74. The fourth-order valence-corrected chi connectivity index (χ4v) is 2.13. The summed E-state index contributed by atoms with van der Waals surface area (Å²) < 4.78 is 4.87. The summed E-state index contributed by atoms with van der Waals surface area (Å²) in [5.74, 6) is -1.34. The summed E-state index contributed by atoms with van der Waals surface area (Å²) in [6.45, 7) is 0.961. The lowest BCUT2D eigenvalue weighted by Gasteiger charge is -2.08. The highest BCUT2D eigenvalue weighted by Crippen LogP contribution is 2.15. The van der Waals surface area contributed by atoms with Gasteiger partial charge in [0.25, 0.3) is 5.91 Å². The standard InChI is InChI=1S/C19H16ClNO4/c1-13(22)16-4-2-3-5-17(16)21-18(23)12-25-19(24)11-8-14-6-9-15(20)10-7-14/h2-11H,12H2,1H3,(H,21,23). The van der Waals surface area contributed by atoms with Crippen molar-refractivity contribution in [1.29, 1.82) is 0 Å². The first kappa shape index (κ1) is 18.4. The van der Waals surface area contributed by atoms with Crippen molar-refractivity contribution in [2.24, 2.45) is 0 Å². The number of ether oxygens (including phenoxy) is 1. The molecular weight excluding hydrogens is 342 g/mol. The van der Waals surface area contributed by atoms with E-state index in [1.165, 1.54) is 13.0 Å². The van der Waals surface area contributed by atoms with Crippen molar-refractivity contribution in [3.63, 3.8) is 0 Å². The zero-order valence-electron chi connectivity index (χ0n) is 13.5. The Labute approximate surface area is 150 Å². The molecule has 0 unspecified atom stereocenters. The SMILES string of the molecule is CC(=O)c1ccccc1NC(=O)COC(=O)C=Cc1ccc(Cl)cc1. The number of carbonyl (C=O) groups is 3. The highest BCUT2D eigenvalue weighted by molar-refractivity contribution is 6.30. The Morgan fingerprint density at radius 3 is 2.44 bits per heavy atom. The van der Waals surface area contributed by atoms with Crippen molar-refractivity contribution in [2.75, 3.05) is 11.9 Å². The quantitative estimate of drug-likeness (QED) is 0.485. The summed E-state index contributed by atoms with van der Waals surface area (Å²) in [5, 5.41) is 3.15. The Morgan fingerprint density at radius 1 is 1.08 bits per heavy atom. The third kappa shape index (κ3) is 5.90. The number of halogens is 1. The summed E-state index contributed by atoms with van der Waals surface area (Å²) in [6, 6.07) is 13.5. The second-order valence-corrected chi connectivity index (χ2v) is 5.58. The first-order valence-corrected chi connectivity index (χ1v) is 7.84. The van der Waals surface area contributed by atoms with Crippen LogP contribution < -0.4 is 5.32 Å². The topological polar surface area (TPSA) is 72.5 Å². The van der Waals surface area contributed by atoms with Crippen molar-refractivity contribution in [3.8, 4) is 0 Å². The van der Waals surface area contributed by atoms with Gasteiger partial charge in [0, 0.05) is 16.7 Å². The molecule has 0 atom stereocenters. The summed E-state index contributed by atoms with van der Waals surface area (Å²) in [6.07, 6.45) is 2.78. The highest BCUT2D eigenvalue weighted by atomic mass is 35.5. The monoisotopic (exact) mass is 357 g/mol. The summed E-state index contributed by atoms with van der Waals surface area (Å²) in [5.41, 5.74) is 1.55. The minimum atomic E-state index is -0.648. The molecule has 0 spiro atoms. The summed E-state index contributed by atoms with van der Waals surface area (Å²) >= 11 is 5.77. The molecule has 0 bridgehead atoms. The molecule has 0 saturated carbocycles. The van der Waals surface area contributed by atoms with Gasteiger partial charge in [-0.1, -0.05) is 35.9 Å². The fourth-order valence-electron chi connectivity index (χ4n) is 2.01. The molecule has 0 aliphatic rings. The number of nitrogens with one attached hydrogen (secondary N) is 1. The van der Waals surface area contributed by atoms with E-state index in [1.807, 2.05) is 0 Å². The fraction of sp³-hybridized carbons (Fsp3) is 0.105. The van der Waals surface area contributed by atoms with E-state index in [-0.39, 0.29) is 5.78 Å². The molecular formula is C19H16ClNO4. The Kier molecular flexibility index (Phi) is 6.48. The van der Waals surface area contributed by atoms with Gasteiger partial charge in [0.1, 0.15) is 0 Å². The molecule has 2 aromatic rings. The second-order valence-electron chi connectivity index (χ2n) is 5.14. The van der Waals surface area contributed by atoms with Gasteiger partial charge in [-0.25, -0.2) is 4.79 Å². The first-order valence-electron chi connectivity index (χ1n) is 7.46. The average Bonchev–Trinajstić information content (AvgIpc) is 2.59. The molecule has 2 aromatic carbocycles. The van der Waals surface area contributed by atoms with Crippen LogP contribution in [0.15, 0.2) is 54.6 Å². The van der Waals surface area contributed by atoms with E-state index in [9.17, 15) is 14.4 Å². The van der Waals surface area contributed by atoms with Gasteiger partial charge >= 0.3 is 5.97 Å². The maximum Gasteiger partial charge on any atom is 0.331 e. The molecule has 25 heavy (non-hydrogen) atoms. The van der Waals surface area contributed by atoms with Gasteiger partial charge in [-0.3, -0.25) is 9.59 Å². The molecule has 6 heteroatoms. The molecule has 0 saturated heterocycles. The van der Waals surface area contributed by atoms with Crippen molar-refractivity contribution >= 4 is 41.0 Å². The van der Waals surface area contributed by atoms with E-state index in [1.54, 1.807) is 54.6 Å². The van der Waals surface area contributed by atoms with E-state index >= 15 is 0 Å². The normalized spacial score (nSPS) is 10.5. The lowest BCUT2D eigenvalue weighted by atomic mass is 10.1. The van der Waals surface area contributed by atoms with Crippen LogP contribution in [0.4, 0.5) is 5.69 Å². The van der Waals surface area contributed by atoms with E-state index in [2.05, 4.69) is 5.32 Å². The molecule has 0 radical (unpaired) electrons. The number of Topliss-reactive ketones (excluding diaryl/α,β-unsaturated/α-hetero) is 1.